The third-order valence-corrected chi connectivity index (χ3v) is 2.39. The number of anilines is 1. The Morgan fingerprint density at radius 1 is 1.33 bits per heavy atom. The number of hydrogen-bond acceptors (Lipinski definition) is 6. The van der Waals surface area contributed by atoms with Crippen molar-refractivity contribution in [2.24, 2.45) is 5.84 Å². The Hall–Kier alpha value is -2.48. The molecule has 1 aliphatic heterocycles. The molecule has 2 rings (SSSR count). The summed E-state index contributed by atoms with van der Waals surface area (Å²) in [5, 5.41) is 2.12. The van der Waals surface area contributed by atoms with Crippen LogP contribution < -0.4 is 16.6 Å². The van der Waals surface area contributed by atoms with Gasteiger partial charge in [0.2, 0.25) is 11.8 Å². The summed E-state index contributed by atoms with van der Waals surface area (Å²) in [6.45, 7) is -0.275. The predicted octanol–water partition coefficient (Wildman–Crippen LogP) is -1.53. The van der Waals surface area contributed by atoms with Crippen LogP contribution in [0.25, 0.3) is 0 Å². The number of pyridine rings is 1. The first kappa shape index (κ1) is 12.0. The van der Waals surface area contributed by atoms with Crippen molar-refractivity contribution >= 4 is 23.5 Å². The number of hydrazine groups is 1. The summed E-state index contributed by atoms with van der Waals surface area (Å²) < 4.78 is 0. The number of rotatable bonds is 2. The highest BCUT2D eigenvalue weighted by atomic mass is 16.2. The lowest BCUT2D eigenvalue weighted by atomic mass is 10.2. The minimum absolute atomic E-state index is 0.137. The number of carbonyl (C=O) groups is 3. The SMILES string of the molecule is NNc1ccc(C(=O)N2CC(=O)NC(=O)C2)cn1. The maximum Gasteiger partial charge on any atom is 0.256 e. The Balaban J connectivity index is 2.14. The highest BCUT2D eigenvalue weighted by Gasteiger charge is 2.27. The standard InChI is InChI=1S/C10H11N5O3/c11-14-7-2-1-6(3-12-7)10(18)15-4-8(16)13-9(17)5-15/h1-3H,4-5,11H2,(H,12,14)(H,13,16,17). The van der Waals surface area contributed by atoms with E-state index in [1.807, 2.05) is 0 Å². The molecular weight excluding hydrogens is 238 g/mol. The second-order valence-corrected chi connectivity index (χ2v) is 3.71. The van der Waals surface area contributed by atoms with Crippen LogP contribution in [0.1, 0.15) is 10.4 Å². The first-order chi connectivity index (χ1) is 8.60. The van der Waals surface area contributed by atoms with E-state index >= 15 is 0 Å². The van der Waals surface area contributed by atoms with Gasteiger partial charge in [0.15, 0.2) is 0 Å². The maximum absolute atomic E-state index is 12.0. The lowest BCUT2D eigenvalue weighted by molar-refractivity contribution is -0.135. The number of aromatic nitrogens is 1. The summed E-state index contributed by atoms with van der Waals surface area (Å²) in [7, 11) is 0. The van der Waals surface area contributed by atoms with E-state index in [4.69, 9.17) is 5.84 Å². The van der Waals surface area contributed by atoms with E-state index in [0.717, 1.165) is 4.90 Å². The third kappa shape index (κ3) is 2.43. The molecule has 0 bridgehead atoms. The molecule has 0 saturated carbocycles. The Labute approximate surface area is 102 Å². The molecule has 0 atom stereocenters. The van der Waals surface area contributed by atoms with E-state index in [2.05, 4.69) is 15.7 Å². The monoisotopic (exact) mass is 249 g/mol. The van der Waals surface area contributed by atoms with Gasteiger partial charge in [0.25, 0.3) is 5.91 Å². The molecule has 1 aliphatic rings. The summed E-state index contributed by atoms with van der Waals surface area (Å²) in [5.41, 5.74) is 2.62. The van der Waals surface area contributed by atoms with E-state index in [9.17, 15) is 14.4 Å². The average molecular weight is 249 g/mol. The molecule has 0 radical (unpaired) electrons. The van der Waals surface area contributed by atoms with Gasteiger partial charge in [-0.2, -0.15) is 0 Å². The molecule has 1 aromatic rings. The van der Waals surface area contributed by atoms with Crippen LogP contribution in [0.15, 0.2) is 18.3 Å². The molecule has 4 N–H and O–H groups in total. The lowest BCUT2D eigenvalue weighted by Gasteiger charge is -2.25. The van der Waals surface area contributed by atoms with Crippen LogP contribution in [-0.2, 0) is 9.59 Å². The van der Waals surface area contributed by atoms with Crippen molar-refractivity contribution in [1.82, 2.24) is 15.2 Å². The van der Waals surface area contributed by atoms with Crippen molar-refractivity contribution in [3.05, 3.63) is 23.9 Å². The maximum atomic E-state index is 12.0. The first-order valence-corrected chi connectivity index (χ1v) is 5.15. The molecule has 0 spiro atoms. The molecular formula is C10H11N5O3. The summed E-state index contributed by atoms with van der Waals surface area (Å²) in [6.07, 6.45) is 1.33. The van der Waals surface area contributed by atoms with Crippen molar-refractivity contribution < 1.29 is 14.4 Å². The van der Waals surface area contributed by atoms with Crippen LogP contribution in [0, 0.1) is 0 Å². The van der Waals surface area contributed by atoms with Gasteiger partial charge in [-0.3, -0.25) is 19.7 Å². The number of nitrogens with one attached hydrogen (secondary N) is 2. The third-order valence-electron chi connectivity index (χ3n) is 2.39. The number of piperazine rings is 1. The van der Waals surface area contributed by atoms with Crippen LogP contribution in [0.4, 0.5) is 5.82 Å². The summed E-state index contributed by atoms with van der Waals surface area (Å²) in [6, 6.07) is 3.04. The minimum Gasteiger partial charge on any atom is -0.320 e. The summed E-state index contributed by atoms with van der Waals surface area (Å²) in [5.74, 6) is 4.16. The number of amides is 3. The molecule has 1 aromatic heterocycles. The zero-order chi connectivity index (χ0) is 13.1. The van der Waals surface area contributed by atoms with Gasteiger partial charge < -0.3 is 10.3 Å². The number of nitrogens with two attached hydrogens (primary N) is 1. The van der Waals surface area contributed by atoms with Crippen LogP contribution in [0.5, 0.6) is 0 Å². The Morgan fingerprint density at radius 2 is 2.00 bits per heavy atom. The minimum atomic E-state index is -0.493. The fourth-order valence-corrected chi connectivity index (χ4v) is 1.57. The molecule has 2 heterocycles. The zero-order valence-corrected chi connectivity index (χ0v) is 9.34. The highest BCUT2D eigenvalue weighted by Crippen LogP contribution is 2.08. The summed E-state index contributed by atoms with van der Waals surface area (Å²) >= 11 is 0. The normalized spacial score (nSPS) is 15.3. The number of nitrogen functional groups attached to an aromatic ring is 1. The van der Waals surface area contributed by atoms with Gasteiger partial charge in [-0.05, 0) is 12.1 Å². The first-order valence-electron chi connectivity index (χ1n) is 5.15. The van der Waals surface area contributed by atoms with Crippen LogP contribution in [0.3, 0.4) is 0 Å². The predicted molar refractivity (Wildman–Crippen MR) is 61.1 cm³/mol. The van der Waals surface area contributed by atoms with Gasteiger partial charge in [-0.1, -0.05) is 0 Å². The van der Waals surface area contributed by atoms with Gasteiger partial charge in [0.1, 0.15) is 18.9 Å². The highest BCUT2D eigenvalue weighted by molar-refractivity contribution is 6.05. The van der Waals surface area contributed by atoms with Crippen molar-refractivity contribution in [1.29, 1.82) is 0 Å². The Kier molecular flexibility index (Phi) is 3.20. The number of hydrogen-bond donors (Lipinski definition) is 3. The Morgan fingerprint density at radius 3 is 2.50 bits per heavy atom. The quantitative estimate of drug-likeness (QED) is 0.332. The van der Waals surface area contributed by atoms with E-state index in [-0.39, 0.29) is 18.7 Å². The second kappa shape index (κ2) is 4.80. The van der Waals surface area contributed by atoms with Crippen molar-refractivity contribution in [2.75, 3.05) is 18.5 Å². The van der Waals surface area contributed by atoms with E-state index in [1.54, 1.807) is 0 Å². The van der Waals surface area contributed by atoms with Gasteiger partial charge in [0, 0.05) is 6.20 Å². The van der Waals surface area contributed by atoms with Crippen LogP contribution in [-0.4, -0.2) is 40.7 Å². The van der Waals surface area contributed by atoms with Crippen molar-refractivity contribution in [3.63, 3.8) is 0 Å². The lowest BCUT2D eigenvalue weighted by Crippen LogP contribution is -2.53. The fourth-order valence-electron chi connectivity index (χ4n) is 1.57. The van der Waals surface area contributed by atoms with Crippen molar-refractivity contribution in [3.8, 4) is 0 Å². The van der Waals surface area contributed by atoms with Gasteiger partial charge >= 0.3 is 0 Å². The smallest absolute Gasteiger partial charge is 0.256 e. The molecule has 0 aliphatic carbocycles. The zero-order valence-electron chi connectivity index (χ0n) is 9.34. The average Bonchev–Trinajstić information content (AvgIpc) is 2.37. The van der Waals surface area contributed by atoms with Gasteiger partial charge in [-0.15, -0.1) is 0 Å². The number of imide groups is 1. The fraction of sp³-hybridized carbons (Fsp3) is 0.200. The molecule has 8 heteroatoms. The van der Waals surface area contributed by atoms with Crippen molar-refractivity contribution in [2.45, 2.75) is 0 Å². The number of nitrogens with zero attached hydrogens (tertiary/aromatic N) is 2. The molecule has 3 amide bonds. The number of carbonyl (C=O) groups excluding carboxylic acids is 3. The molecule has 8 nitrogen and oxygen atoms in total. The second-order valence-electron chi connectivity index (χ2n) is 3.71. The molecule has 0 aromatic carbocycles. The van der Waals surface area contributed by atoms with E-state index in [0.29, 0.717) is 5.82 Å². The van der Waals surface area contributed by atoms with E-state index in [1.165, 1.54) is 18.3 Å². The van der Waals surface area contributed by atoms with Crippen LogP contribution >= 0.6 is 0 Å². The van der Waals surface area contributed by atoms with Crippen LogP contribution in [0.2, 0.25) is 0 Å². The molecule has 0 unspecified atom stereocenters. The molecule has 18 heavy (non-hydrogen) atoms. The molecule has 1 fully saturated rings. The summed E-state index contributed by atoms with van der Waals surface area (Å²) in [4.78, 5) is 39.3. The van der Waals surface area contributed by atoms with E-state index < -0.39 is 17.7 Å². The largest absolute Gasteiger partial charge is 0.320 e. The molecule has 1 saturated heterocycles. The topological polar surface area (TPSA) is 117 Å². The van der Waals surface area contributed by atoms with Gasteiger partial charge in [0.05, 0.1) is 5.56 Å². The Bertz CT molecular complexity index is 483. The van der Waals surface area contributed by atoms with Gasteiger partial charge in [-0.25, -0.2) is 10.8 Å². The molecule has 94 valence electrons.